The summed E-state index contributed by atoms with van der Waals surface area (Å²) in [7, 11) is 2.15. The summed E-state index contributed by atoms with van der Waals surface area (Å²) in [4.78, 5) is 25.6. The van der Waals surface area contributed by atoms with Crippen LogP contribution in [0.15, 0.2) is 5.51 Å². The third kappa shape index (κ3) is 3.49. The zero-order valence-electron chi connectivity index (χ0n) is 15.5. The van der Waals surface area contributed by atoms with Gasteiger partial charge in [-0.25, -0.2) is 4.98 Å². The minimum Gasteiger partial charge on any atom is -0.341 e. The maximum Gasteiger partial charge on any atom is 0.239 e. The number of aryl methyl sites for hydroxylation is 1. The van der Waals surface area contributed by atoms with E-state index in [-0.39, 0.29) is 6.04 Å². The second-order valence-electron chi connectivity index (χ2n) is 8.30. The van der Waals surface area contributed by atoms with Gasteiger partial charge in [-0.3, -0.25) is 14.6 Å². The fourth-order valence-corrected chi connectivity index (χ4v) is 5.74. The quantitative estimate of drug-likeness (QED) is 0.828. The highest BCUT2D eigenvalue weighted by Crippen LogP contribution is 2.43. The Morgan fingerprint density at radius 2 is 2.00 bits per heavy atom. The summed E-state index contributed by atoms with van der Waals surface area (Å²) in [6.45, 7) is 8.48. The number of piperidine rings is 1. The van der Waals surface area contributed by atoms with Crippen LogP contribution in [0.4, 0.5) is 0 Å². The van der Waals surface area contributed by atoms with Gasteiger partial charge in [0, 0.05) is 31.1 Å². The Balaban J connectivity index is 1.35. The molecule has 0 bridgehead atoms. The maximum absolute atomic E-state index is 12.9. The predicted octanol–water partition coefficient (Wildman–Crippen LogP) is 2.36. The number of nitrogens with zero attached hydrogens (tertiary/aromatic N) is 4. The summed E-state index contributed by atoms with van der Waals surface area (Å²) < 4.78 is 0. The van der Waals surface area contributed by atoms with Gasteiger partial charge in [0.1, 0.15) is 0 Å². The van der Waals surface area contributed by atoms with Gasteiger partial charge in [0.25, 0.3) is 0 Å². The van der Waals surface area contributed by atoms with Crippen molar-refractivity contribution in [3.8, 4) is 0 Å². The van der Waals surface area contributed by atoms with E-state index >= 15 is 0 Å². The van der Waals surface area contributed by atoms with E-state index in [0.29, 0.717) is 11.3 Å². The third-order valence-corrected chi connectivity index (χ3v) is 7.49. The number of hydrogen-bond donors (Lipinski definition) is 0. The number of thiazole rings is 1. The summed E-state index contributed by atoms with van der Waals surface area (Å²) in [6, 6.07) is 0.119. The van der Waals surface area contributed by atoms with E-state index < -0.39 is 0 Å². The first-order valence-corrected chi connectivity index (χ1v) is 10.5. The fraction of sp³-hybridized carbons (Fsp3) is 0.789. The van der Waals surface area contributed by atoms with E-state index in [0.717, 1.165) is 45.7 Å². The van der Waals surface area contributed by atoms with Crippen LogP contribution in [0.3, 0.4) is 0 Å². The van der Waals surface area contributed by atoms with Crippen LogP contribution in [-0.2, 0) is 11.3 Å². The minimum absolute atomic E-state index is 0.119. The monoisotopic (exact) mass is 362 g/mol. The van der Waals surface area contributed by atoms with Crippen molar-refractivity contribution in [1.29, 1.82) is 0 Å². The van der Waals surface area contributed by atoms with Gasteiger partial charge in [-0.1, -0.05) is 0 Å². The highest BCUT2D eigenvalue weighted by Gasteiger charge is 2.47. The lowest BCUT2D eigenvalue weighted by molar-refractivity contribution is -0.134. The molecule has 138 valence electrons. The third-order valence-electron chi connectivity index (χ3n) is 6.57. The normalized spacial score (nSPS) is 27.4. The molecule has 1 aromatic heterocycles. The fourth-order valence-electron chi connectivity index (χ4n) is 4.92. The Bertz CT molecular complexity index is 617. The molecule has 4 rings (SSSR count). The highest BCUT2D eigenvalue weighted by atomic mass is 32.1. The van der Waals surface area contributed by atoms with Gasteiger partial charge in [0.2, 0.25) is 5.91 Å². The first-order valence-electron chi connectivity index (χ1n) is 9.67. The second-order valence-corrected chi connectivity index (χ2v) is 9.24. The van der Waals surface area contributed by atoms with Crippen molar-refractivity contribution in [2.75, 3.05) is 39.8 Å². The summed E-state index contributed by atoms with van der Waals surface area (Å²) in [5, 5.41) is 0. The average molecular weight is 363 g/mol. The molecule has 1 amide bonds. The largest absolute Gasteiger partial charge is 0.341 e. The molecule has 3 aliphatic heterocycles. The standard InChI is InChI=1S/C19H30N4OS/c1-15-17(25-14-20-15)12-22-9-5-19(6-10-22)11-16(21(2)13-19)18(24)23-7-3-4-8-23/h14,16H,3-13H2,1-2H3. The van der Waals surface area contributed by atoms with Gasteiger partial charge in [-0.2, -0.15) is 0 Å². The van der Waals surface area contributed by atoms with Crippen molar-refractivity contribution in [3.05, 3.63) is 16.1 Å². The van der Waals surface area contributed by atoms with E-state index in [9.17, 15) is 4.79 Å². The number of rotatable bonds is 3. The molecule has 4 heterocycles. The highest BCUT2D eigenvalue weighted by molar-refractivity contribution is 7.09. The van der Waals surface area contributed by atoms with Crippen LogP contribution in [0.25, 0.3) is 0 Å². The number of likely N-dealkylation sites (tertiary alicyclic amines) is 3. The topological polar surface area (TPSA) is 39.7 Å². The Hall–Kier alpha value is -0.980. The number of likely N-dealkylation sites (N-methyl/N-ethyl adjacent to an activating group) is 1. The Kier molecular flexibility index (Phi) is 4.86. The predicted molar refractivity (Wildman–Crippen MR) is 101 cm³/mol. The van der Waals surface area contributed by atoms with Crippen molar-refractivity contribution in [3.63, 3.8) is 0 Å². The second kappa shape index (κ2) is 6.97. The van der Waals surface area contributed by atoms with Gasteiger partial charge >= 0.3 is 0 Å². The molecule has 3 aliphatic rings. The van der Waals surface area contributed by atoms with Crippen LogP contribution in [0.2, 0.25) is 0 Å². The summed E-state index contributed by atoms with van der Waals surface area (Å²) in [6.07, 6.45) is 5.86. The SMILES string of the molecule is Cc1ncsc1CN1CCC2(CC1)CC(C(=O)N1CCCC1)N(C)C2. The van der Waals surface area contributed by atoms with Gasteiger partial charge in [-0.05, 0) is 64.6 Å². The zero-order chi connectivity index (χ0) is 17.4. The van der Waals surface area contributed by atoms with E-state index in [1.165, 1.54) is 36.3 Å². The van der Waals surface area contributed by atoms with Crippen molar-refractivity contribution < 1.29 is 4.79 Å². The number of aromatic nitrogens is 1. The molecule has 0 aromatic carbocycles. The lowest BCUT2D eigenvalue weighted by atomic mass is 9.76. The van der Waals surface area contributed by atoms with E-state index in [1.54, 1.807) is 11.3 Å². The molecule has 25 heavy (non-hydrogen) atoms. The van der Waals surface area contributed by atoms with Crippen LogP contribution >= 0.6 is 11.3 Å². The smallest absolute Gasteiger partial charge is 0.239 e. The van der Waals surface area contributed by atoms with Crippen LogP contribution < -0.4 is 0 Å². The van der Waals surface area contributed by atoms with Crippen LogP contribution in [0.1, 0.15) is 42.7 Å². The molecule has 0 N–H and O–H groups in total. The van der Waals surface area contributed by atoms with Crippen molar-refractivity contribution >= 4 is 17.2 Å². The van der Waals surface area contributed by atoms with Crippen LogP contribution in [-0.4, -0.2) is 71.4 Å². The maximum atomic E-state index is 12.9. The molecule has 1 atom stereocenters. The van der Waals surface area contributed by atoms with E-state index in [4.69, 9.17) is 0 Å². The number of carbonyl (C=O) groups excluding carboxylic acids is 1. The molecule has 1 spiro atoms. The van der Waals surface area contributed by atoms with Gasteiger partial charge in [0.15, 0.2) is 0 Å². The average Bonchev–Trinajstić information content (AvgIpc) is 3.32. The van der Waals surface area contributed by atoms with E-state index in [1.807, 2.05) is 5.51 Å². The molecule has 1 unspecified atom stereocenters. The first-order chi connectivity index (χ1) is 12.1. The number of hydrogen-bond acceptors (Lipinski definition) is 5. The minimum atomic E-state index is 0.119. The Morgan fingerprint density at radius 3 is 2.64 bits per heavy atom. The first kappa shape index (κ1) is 17.4. The molecular weight excluding hydrogens is 332 g/mol. The van der Waals surface area contributed by atoms with Crippen molar-refractivity contribution in [1.82, 2.24) is 19.7 Å². The van der Waals surface area contributed by atoms with Gasteiger partial charge in [0.05, 0.1) is 17.2 Å². The Labute approximate surface area is 155 Å². The van der Waals surface area contributed by atoms with Crippen molar-refractivity contribution in [2.24, 2.45) is 5.41 Å². The lowest BCUT2D eigenvalue weighted by Crippen LogP contribution is -2.42. The lowest BCUT2D eigenvalue weighted by Gasteiger charge is -2.39. The van der Waals surface area contributed by atoms with Crippen LogP contribution in [0, 0.1) is 12.3 Å². The summed E-state index contributed by atoms with van der Waals surface area (Å²) in [5.74, 6) is 0.389. The summed E-state index contributed by atoms with van der Waals surface area (Å²) in [5.41, 5.74) is 3.49. The Morgan fingerprint density at radius 1 is 1.28 bits per heavy atom. The van der Waals surface area contributed by atoms with Crippen LogP contribution in [0.5, 0.6) is 0 Å². The van der Waals surface area contributed by atoms with Crippen molar-refractivity contribution in [2.45, 2.75) is 51.6 Å². The number of amides is 1. The molecule has 5 nitrogen and oxygen atoms in total. The summed E-state index contributed by atoms with van der Waals surface area (Å²) >= 11 is 1.77. The zero-order valence-corrected chi connectivity index (χ0v) is 16.4. The van der Waals surface area contributed by atoms with E-state index in [2.05, 4.69) is 33.7 Å². The molecule has 3 saturated heterocycles. The molecule has 3 fully saturated rings. The number of carbonyl (C=O) groups is 1. The molecule has 6 heteroatoms. The molecule has 0 saturated carbocycles. The molecule has 0 radical (unpaired) electrons. The molecule has 0 aliphatic carbocycles. The van der Waals surface area contributed by atoms with Gasteiger partial charge < -0.3 is 4.90 Å². The molecule has 1 aromatic rings. The van der Waals surface area contributed by atoms with Gasteiger partial charge in [-0.15, -0.1) is 11.3 Å². The molecular formula is C19H30N4OS.